The molecule has 0 fully saturated rings. The SMILES string of the molecule is CC(c1cc(Cn2cnc(C(F)(F)F)c(Oc3cc(Cl)cc(C#N)c3)c2=O)n[nH]c1=O)[SH](=O)=O. The van der Waals surface area contributed by atoms with Crippen molar-refractivity contribution < 1.29 is 26.3 Å². The Morgan fingerprint density at radius 1 is 1.26 bits per heavy atom. The smallest absolute Gasteiger partial charge is 0.437 e. The summed E-state index contributed by atoms with van der Waals surface area (Å²) in [5.41, 5.74) is -3.84. The van der Waals surface area contributed by atoms with E-state index < -0.39 is 51.2 Å². The maximum absolute atomic E-state index is 13.5. The minimum absolute atomic E-state index is 0.0115. The van der Waals surface area contributed by atoms with E-state index in [-0.39, 0.29) is 27.6 Å². The summed E-state index contributed by atoms with van der Waals surface area (Å²) in [5.74, 6) is -1.48. The third kappa shape index (κ3) is 5.43. The molecule has 0 radical (unpaired) electrons. The first-order chi connectivity index (χ1) is 15.9. The maximum Gasteiger partial charge on any atom is 0.437 e. The molecule has 10 nitrogen and oxygen atoms in total. The van der Waals surface area contributed by atoms with Gasteiger partial charge in [-0.25, -0.2) is 18.5 Å². The Morgan fingerprint density at radius 2 is 1.97 bits per heavy atom. The highest BCUT2D eigenvalue weighted by atomic mass is 35.5. The molecule has 3 rings (SSSR count). The molecule has 1 aromatic carbocycles. The van der Waals surface area contributed by atoms with Gasteiger partial charge in [0, 0.05) is 10.6 Å². The van der Waals surface area contributed by atoms with Crippen LogP contribution in [0.15, 0.2) is 40.2 Å². The summed E-state index contributed by atoms with van der Waals surface area (Å²) in [6.07, 6.45) is -4.44. The van der Waals surface area contributed by atoms with Gasteiger partial charge in [0.2, 0.25) is 5.75 Å². The van der Waals surface area contributed by atoms with Crippen LogP contribution < -0.4 is 15.9 Å². The first-order valence-corrected chi connectivity index (χ1v) is 10.8. The lowest BCUT2D eigenvalue weighted by Crippen LogP contribution is -2.27. The standard InChI is InChI=1S/C19H13ClF3N5O5S/c1-9(34(31)32)14-5-12(26-27-17(14)29)7-28-8-25-16(19(21,22)23)15(18(28)30)33-13-3-10(6-24)2-11(20)4-13/h2-5,8-9,34H,7H2,1H3,(H,27,29). The number of nitrogens with one attached hydrogen (secondary N) is 1. The van der Waals surface area contributed by atoms with Crippen LogP contribution >= 0.6 is 11.6 Å². The van der Waals surface area contributed by atoms with Gasteiger partial charge in [0.15, 0.2) is 5.69 Å². The summed E-state index contributed by atoms with van der Waals surface area (Å²) >= 11 is 5.85. The van der Waals surface area contributed by atoms with Gasteiger partial charge in [0.1, 0.15) is 16.5 Å². The first-order valence-electron chi connectivity index (χ1n) is 9.18. The quantitative estimate of drug-likeness (QED) is 0.475. The van der Waals surface area contributed by atoms with E-state index in [2.05, 4.69) is 15.2 Å². The van der Waals surface area contributed by atoms with Crippen LogP contribution in [0.25, 0.3) is 0 Å². The number of hydrogen-bond donors (Lipinski definition) is 2. The molecule has 0 aliphatic carbocycles. The normalized spacial score (nSPS) is 12.4. The number of nitrogens with zero attached hydrogens (tertiary/aromatic N) is 4. The molecule has 0 aliphatic heterocycles. The number of benzene rings is 1. The van der Waals surface area contributed by atoms with Crippen molar-refractivity contribution in [1.29, 1.82) is 5.26 Å². The van der Waals surface area contributed by atoms with E-state index in [1.165, 1.54) is 13.0 Å². The molecule has 0 amide bonds. The van der Waals surface area contributed by atoms with Crippen molar-refractivity contribution in [3.63, 3.8) is 0 Å². The second kappa shape index (κ2) is 9.65. The van der Waals surface area contributed by atoms with Gasteiger partial charge in [-0.3, -0.25) is 14.2 Å². The third-order valence-corrected chi connectivity index (χ3v) is 5.60. The number of halogens is 4. The Labute approximate surface area is 195 Å². The van der Waals surface area contributed by atoms with Gasteiger partial charge in [0.05, 0.1) is 35.4 Å². The second-order valence-electron chi connectivity index (χ2n) is 6.85. The number of hydrogen-bond acceptors (Lipinski definition) is 8. The first kappa shape index (κ1) is 24.9. The van der Waals surface area contributed by atoms with Crippen molar-refractivity contribution in [3.05, 3.63) is 78.8 Å². The Bertz CT molecular complexity index is 1490. The van der Waals surface area contributed by atoms with Crippen LogP contribution in [0.3, 0.4) is 0 Å². The third-order valence-electron chi connectivity index (χ3n) is 4.47. The van der Waals surface area contributed by atoms with Gasteiger partial charge < -0.3 is 4.74 Å². The number of nitriles is 1. The fourth-order valence-electron chi connectivity index (χ4n) is 2.82. The lowest BCUT2D eigenvalue weighted by molar-refractivity contribution is -0.142. The molecular weight excluding hydrogens is 503 g/mol. The summed E-state index contributed by atoms with van der Waals surface area (Å²) < 4.78 is 68.9. The van der Waals surface area contributed by atoms with Gasteiger partial charge in [-0.05, 0) is 31.2 Å². The van der Waals surface area contributed by atoms with E-state index in [9.17, 15) is 31.2 Å². The lowest BCUT2D eigenvalue weighted by Gasteiger charge is -2.15. The van der Waals surface area contributed by atoms with Crippen molar-refractivity contribution in [2.75, 3.05) is 0 Å². The van der Waals surface area contributed by atoms with E-state index in [1.54, 1.807) is 6.07 Å². The molecule has 0 saturated carbocycles. The molecule has 1 atom stereocenters. The molecule has 1 unspecified atom stereocenters. The number of rotatable bonds is 6. The number of aromatic amines is 1. The summed E-state index contributed by atoms with van der Waals surface area (Å²) in [7, 11) is -3.00. The average molecular weight is 516 g/mol. The van der Waals surface area contributed by atoms with Gasteiger partial charge in [0.25, 0.3) is 11.1 Å². The average Bonchev–Trinajstić information content (AvgIpc) is 2.75. The van der Waals surface area contributed by atoms with Gasteiger partial charge in [-0.2, -0.15) is 23.5 Å². The maximum atomic E-state index is 13.5. The minimum atomic E-state index is -5.05. The molecule has 15 heteroatoms. The molecule has 2 aromatic heterocycles. The molecular formula is C19H13ClF3N5O5S. The highest BCUT2D eigenvalue weighted by molar-refractivity contribution is 7.72. The Kier molecular flexibility index (Phi) is 7.08. The van der Waals surface area contributed by atoms with Crippen LogP contribution in [0.4, 0.5) is 13.2 Å². The monoisotopic (exact) mass is 515 g/mol. The highest BCUT2D eigenvalue weighted by Crippen LogP contribution is 2.35. The summed E-state index contributed by atoms with van der Waals surface area (Å²) in [6.45, 7) is 0.795. The number of ether oxygens (including phenoxy) is 1. The number of alkyl halides is 3. The molecule has 178 valence electrons. The van der Waals surface area contributed by atoms with E-state index in [0.717, 1.165) is 22.8 Å². The second-order valence-corrected chi connectivity index (χ2v) is 8.63. The lowest BCUT2D eigenvalue weighted by atomic mass is 10.2. The zero-order valence-corrected chi connectivity index (χ0v) is 18.6. The molecule has 34 heavy (non-hydrogen) atoms. The van der Waals surface area contributed by atoms with Crippen LogP contribution in [-0.4, -0.2) is 28.2 Å². The molecule has 0 spiro atoms. The Balaban J connectivity index is 2.09. The molecule has 0 bridgehead atoms. The van der Waals surface area contributed by atoms with Gasteiger partial charge >= 0.3 is 6.18 Å². The molecule has 0 aliphatic rings. The van der Waals surface area contributed by atoms with Gasteiger partial charge in [-0.1, -0.05) is 11.6 Å². The fourth-order valence-corrected chi connectivity index (χ4v) is 3.47. The Hall–Kier alpha value is -3.70. The van der Waals surface area contributed by atoms with Crippen LogP contribution in [0.5, 0.6) is 11.5 Å². The van der Waals surface area contributed by atoms with Crippen molar-refractivity contribution in [2.45, 2.75) is 24.9 Å². The van der Waals surface area contributed by atoms with Crippen molar-refractivity contribution in [3.8, 4) is 17.6 Å². The summed E-state index contributed by atoms with van der Waals surface area (Å²) in [5, 5.41) is 13.6. The van der Waals surface area contributed by atoms with E-state index in [1.807, 2.05) is 0 Å². The van der Waals surface area contributed by atoms with Crippen LogP contribution in [-0.2, 0) is 23.4 Å². The Morgan fingerprint density at radius 3 is 2.59 bits per heavy atom. The number of aromatic nitrogens is 4. The van der Waals surface area contributed by atoms with E-state index in [4.69, 9.17) is 21.6 Å². The molecule has 1 N–H and O–H groups in total. The van der Waals surface area contributed by atoms with E-state index >= 15 is 0 Å². The number of H-pyrrole nitrogens is 1. The predicted molar refractivity (Wildman–Crippen MR) is 112 cm³/mol. The van der Waals surface area contributed by atoms with Crippen LogP contribution in [0.1, 0.15) is 34.7 Å². The number of thiol groups is 1. The topological polar surface area (TPSA) is 148 Å². The molecule has 2 heterocycles. The minimum Gasteiger partial charge on any atom is -0.449 e. The molecule has 3 aromatic rings. The van der Waals surface area contributed by atoms with Crippen LogP contribution in [0, 0.1) is 11.3 Å². The van der Waals surface area contributed by atoms with Crippen molar-refractivity contribution in [2.24, 2.45) is 0 Å². The van der Waals surface area contributed by atoms with Gasteiger partial charge in [-0.15, -0.1) is 0 Å². The van der Waals surface area contributed by atoms with Crippen molar-refractivity contribution >= 4 is 22.3 Å². The summed E-state index contributed by atoms with van der Waals surface area (Å²) in [4.78, 5) is 28.1. The fraction of sp³-hybridized carbons (Fsp3) is 0.211. The molecule has 0 saturated heterocycles. The van der Waals surface area contributed by atoms with Crippen molar-refractivity contribution in [1.82, 2.24) is 19.7 Å². The zero-order chi connectivity index (χ0) is 25.2. The zero-order valence-electron chi connectivity index (χ0n) is 17.0. The van der Waals surface area contributed by atoms with E-state index in [0.29, 0.717) is 6.33 Å². The van der Waals surface area contributed by atoms with Crippen LogP contribution in [0.2, 0.25) is 5.02 Å². The highest BCUT2D eigenvalue weighted by Gasteiger charge is 2.38. The summed E-state index contributed by atoms with van der Waals surface area (Å²) in [6, 6.07) is 6.32. The predicted octanol–water partition coefficient (Wildman–Crippen LogP) is 2.38. The largest absolute Gasteiger partial charge is 0.449 e.